The third kappa shape index (κ3) is 7.34. The van der Waals surface area contributed by atoms with E-state index in [0.29, 0.717) is 45.0 Å². The summed E-state index contributed by atoms with van der Waals surface area (Å²) >= 11 is 0. The van der Waals surface area contributed by atoms with Crippen LogP contribution in [0.3, 0.4) is 0 Å². The van der Waals surface area contributed by atoms with Gasteiger partial charge in [0.05, 0.1) is 12.5 Å². The van der Waals surface area contributed by atoms with Gasteiger partial charge >= 0.3 is 6.36 Å². The number of piperazine rings is 1. The minimum atomic E-state index is -4.77. The number of hydrogen-bond acceptors (Lipinski definition) is 5. The molecule has 1 N–H and O–H groups in total. The van der Waals surface area contributed by atoms with Crippen LogP contribution in [0.5, 0.6) is 5.75 Å². The zero-order valence-corrected chi connectivity index (χ0v) is 19.4. The molecule has 0 radical (unpaired) electrons. The molecule has 0 spiro atoms. The molecule has 0 bridgehead atoms. The molecule has 0 aromatic heterocycles. The normalized spacial score (nSPS) is 19.8. The third-order valence-corrected chi connectivity index (χ3v) is 6.00. The largest absolute Gasteiger partial charge is 0.573 e. The molecule has 8 nitrogen and oxygen atoms in total. The molecule has 2 aliphatic heterocycles. The highest BCUT2D eigenvalue weighted by Crippen LogP contribution is 2.24. The lowest BCUT2D eigenvalue weighted by Gasteiger charge is -2.39. The van der Waals surface area contributed by atoms with Crippen molar-refractivity contribution in [3.63, 3.8) is 0 Å². The van der Waals surface area contributed by atoms with Gasteiger partial charge in [0.15, 0.2) is 0 Å². The Kier molecular flexibility index (Phi) is 8.40. The van der Waals surface area contributed by atoms with Gasteiger partial charge in [-0.2, -0.15) is 0 Å². The van der Waals surface area contributed by atoms with Crippen LogP contribution in [-0.2, 0) is 14.4 Å². The van der Waals surface area contributed by atoms with E-state index in [-0.39, 0.29) is 41.9 Å². The van der Waals surface area contributed by atoms with E-state index in [9.17, 15) is 27.6 Å². The van der Waals surface area contributed by atoms with Crippen LogP contribution < -0.4 is 10.1 Å². The Labute approximate surface area is 197 Å². The highest BCUT2D eigenvalue weighted by molar-refractivity contribution is 5.92. The lowest BCUT2D eigenvalue weighted by molar-refractivity contribution is -0.274. The van der Waals surface area contributed by atoms with Gasteiger partial charge in [0, 0.05) is 50.9 Å². The number of rotatable bonds is 6. The Balaban J connectivity index is 1.42. The zero-order chi connectivity index (χ0) is 24.9. The van der Waals surface area contributed by atoms with Gasteiger partial charge in [0.1, 0.15) is 5.75 Å². The number of nitrogens with zero attached hydrogens (tertiary/aromatic N) is 3. The molecule has 34 heavy (non-hydrogen) atoms. The summed E-state index contributed by atoms with van der Waals surface area (Å²) in [5, 5.41) is 2.65. The zero-order valence-electron chi connectivity index (χ0n) is 19.4. The molecule has 2 heterocycles. The molecule has 11 heteroatoms. The van der Waals surface area contributed by atoms with Gasteiger partial charge in [-0.05, 0) is 37.1 Å². The summed E-state index contributed by atoms with van der Waals surface area (Å²) in [7, 11) is 0. The predicted molar refractivity (Wildman–Crippen MR) is 119 cm³/mol. The molecule has 3 rings (SSSR count). The SMILES string of the molecule is CC(C)C(=O)N1CCCC(C(=O)N2CCN(CC(=O)Nc3ccc(OC(F)(F)F)cc3)CC2)C1. The molecule has 0 saturated carbocycles. The fourth-order valence-corrected chi connectivity index (χ4v) is 4.27. The van der Waals surface area contributed by atoms with Crippen molar-refractivity contribution in [3.05, 3.63) is 24.3 Å². The maximum atomic E-state index is 13.0. The number of carbonyl (C=O) groups excluding carboxylic acids is 3. The number of carbonyl (C=O) groups is 3. The van der Waals surface area contributed by atoms with Crippen LogP contribution >= 0.6 is 0 Å². The Morgan fingerprint density at radius 2 is 1.68 bits per heavy atom. The summed E-state index contributed by atoms with van der Waals surface area (Å²) in [6, 6.07) is 4.95. The van der Waals surface area contributed by atoms with Crippen LogP contribution in [0.15, 0.2) is 24.3 Å². The number of hydrogen-bond donors (Lipinski definition) is 1. The van der Waals surface area contributed by atoms with Crippen molar-refractivity contribution in [1.82, 2.24) is 14.7 Å². The van der Waals surface area contributed by atoms with Gasteiger partial charge in [-0.1, -0.05) is 13.8 Å². The molecule has 1 aromatic rings. The topological polar surface area (TPSA) is 82.2 Å². The van der Waals surface area contributed by atoms with Gasteiger partial charge in [0.25, 0.3) is 0 Å². The van der Waals surface area contributed by atoms with E-state index >= 15 is 0 Å². The first-order valence-electron chi connectivity index (χ1n) is 11.5. The minimum absolute atomic E-state index is 0.0616. The summed E-state index contributed by atoms with van der Waals surface area (Å²) < 4.78 is 40.5. The number of benzene rings is 1. The Morgan fingerprint density at radius 3 is 2.26 bits per heavy atom. The summed E-state index contributed by atoms with van der Waals surface area (Å²) in [5.74, 6) is -0.784. The standard InChI is InChI=1S/C23H31F3N4O4/c1-16(2)21(32)30-9-3-4-17(14-30)22(33)29-12-10-28(11-13-29)15-20(31)27-18-5-7-19(8-6-18)34-23(24,25)26/h5-8,16-17H,3-4,9-15H2,1-2H3,(H,27,31). The second-order valence-electron chi connectivity index (χ2n) is 9.00. The first kappa shape index (κ1) is 25.8. The molecule has 2 saturated heterocycles. The average molecular weight is 485 g/mol. The van der Waals surface area contributed by atoms with Crippen molar-refractivity contribution in [1.29, 1.82) is 0 Å². The summed E-state index contributed by atoms with van der Waals surface area (Å²) in [6.07, 6.45) is -3.18. The third-order valence-electron chi connectivity index (χ3n) is 6.00. The molecule has 1 aromatic carbocycles. The van der Waals surface area contributed by atoms with Crippen LogP contribution in [0.1, 0.15) is 26.7 Å². The molecular weight excluding hydrogens is 453 g/mol. The maximum absolute atomic E-state index is 13.0. The second-order valence-corrected chi connectivity index (χ2v) is 9.00. The van der Waals surface area contributed by atoms with Gasteiger partial charge in [0.2, 0.25) is 17.7 Å². The first-order valence-corrected chi connectivity index (χ1v) is 11.5. The van der Waals surface area contributed by atoms with Crippen LogP contribution in [0.2, 0.25) is 0 Å². The molecule has 2 fully saturated rings. The van der Waals surface area contributed by atoms with Crippen molar-refractivity contribution in [2.45, 2.75) is 33.1 Å². The highest BCUT2D eigenvalue weighted by Gasteiger charge is 2.33. The number of ether oxygens (including phenoxy) is 1. The van der Waals surface area contributed by atoms with Gasteiger partial charge in [-0.15, -0.1) is 13.2 Å². The van der Waals surface area contributed by atoms with E-state index in [1.54, 1.807) is 4.90 Å². The molecule has 1 unspecified atom stereocenters. The van der Waals surface area contributed by atoms with Crippen LogP contribution in [0.4, 0.5) is 18.9 Å². The lowest BCUT2D eigenvalue weighted by atomic mass is 9.95. The van der Waals surface area contributed by atoms with Crippen molar-refractivity contribution < 1.29 is 32.3 Å². The van der Waals surface area contributed by atoms with Crippen LogP contribution in [-0.4, -0.2) is 84.6 Å². The van der Waals surface area contributed by atoms with E-state index in [1.165, 1.54) is 12.1 Å². The summed E-state index contributed by atoms with van der Waals surface area (Å²) in [6.45, 7) is 7.09. The fourth-order valence-electron chi connectivity index (χ4n) is 4.27. The number of amides is 3. The van der Waals surface area contributed by atoms with Crippen LogP contribution in [0, 0.1) is 11.8 Å². The number of anilines is 1. The fraction of sp³-hybridized carbons (Fsp3) is 0.609. The average Bonchev–Trinajstić information content (AvgIpc) is 2.79. The quantitative estimate of drug-likeness (QED) is 0.671. The van der Waals surface area contributed by atoms with Crippen molar-refractivity contribution in [2.75, 3.05) is 51.1 Å². The Hall–Kier alpha value is -2.82. The van der Waals surface area contributed by atoms with E-state index in [1.807, 2.05) is 23.6 Å². The number of halogens is 3. The van der Waals surface area contributed by atoms with Crippen molar-refractivity contribution in [3.8, 4) is 5.75 Å². The maximum Gasteiger partial charge on any atom is 0.573 e. The van der Waals surface area contributed by atoms with E-state index in [2.05, 4.69) is 10.1 Å². The molecule has 188 valence electrons. The Bertz CT molecular complexity index is 868. The lowest BCUT2D eigenvalue weighted by Crippen LogP contribution is -2.54. The molecule has 0 aliphatic carbocycles. The number of piperidine rings is 1. The summed E-state index contributed by atoms with van der Waals surface area (Å²) in [4.78, 5) is 43.1. The first-order chi connectivity index (χ1) is 16.0. The predicted octanol–water partition coefficient (Wildman–Crippen LogP) is 2.56. The molecule has 2 aliphatic rings. The van der Waals surface area contributed by atoms with Crippen molar-refractivity contribution in [2.24, 2.45) is 11.8 Å². The molecule has 1 atom stereocenters. The smallest absolute Gasteiger partial charge is 0.406 e. The van der Waals surface area contributed by atoms with E-state index in [0.717, 1.165) is 25.0 Å². The molecular formula is C23H31F3N4O4. The van der Waals surface area contributed by atoms with Crippen LogP contribution in [0.25, 0.3) is 0 Å². The highest BCUT2D eigenvalue weighted by atomic mass is 19.4. The molecule has 3 amide bonds. The van der Waals surface area contributed by atoms with Gasteiger partial charge < -0.3 is 19.9 Å². The second kappa shape index (κ2) is 11.1. The van der Waals surface area contributed by atoms with Crippen molar-refractivity contribution >= 4 is 23.4 Å². The van der Waals surface area contributed by atoms with E-state index < -0.39 is 6.36 Å². The van der Waals surface area contributed by atoms with Gasteiger partial charge in [-0.25, -0.2) is 0 Å². The number of likely N-dealkylation sites (tertiary alicyclic amines) is 1. The Morgan fingerprint density at radius 1 is 1.03 bits per heavy atom. The van der Waals surface area contributed by atoms with E-state index in [4.69, 9.17) is 0 Å². The number of alkyl halides is 3. The van der Waals surface area contributed by atoms with Gasteiger partial charge in [-0.3, -0.25) is 19.3 Å². The summed E-state index contributed by atoms with van der Waals surface area (Å²) in [5.41, 5.74) is 0.367. The number of nitrogens with one attached hydrogen (secondary N) is 1. The minimum Gasteiger partial charge on any atom is -0.406 e. The monoisotopic (exact) mass is 484 g/mol.